The lowest BCUT2D eigenvalue weighted by Crippen LogP contribution is -2.47. The van der Waals surface area contributed by atoms with Crippen LogP contribution in [-0.2, 0) is 0 Å². The minimum absolute atomic E-state index is 0.000908. The quantitative estimate of drug-likeness (QED) is 0.869. The van der Waals surface area contributed by atoms with Crippen LogP contribution in [0.3, 0.4) is 0 Å². The predicted molar refractivity (Wildman–Crippen MR) is 112 cm³/mol. The van der Waals surface area contributed by atoms with E-state index in [1.165, 1.54) is 17.9 Å². The molecule has 2 aliphatic rings. The first-order valence-electron chi connectivity index (χ1n) is 10.2. The molecule has 4 rings (SSSR count). The van der Waals surface area contributed by atoms with Gasteiger partial charge in [-0.3, -0.25) is 5.43 Å². The van der Waals surface area contributed by atoms with E-state index in [1.54, 1.807) is 12.1 Å². The number of carbonyl (C=O) groups is 1. The molecule has 1 saturated heterocycles. The first-order chi connectivity index (χ1) is 14.2. The molecule has 0 saturated carbocycles. The van der Waals surface area contributed by atoms with E-state index in [1.807, 2.05) is 35.3 Å². The van der Waals surface area contributed by atoms with Crippen LogP contribution >= 0.6 is 0 Å². The molecule has 2 aromatic rings. The topological polar surface area (TPSA) is 71.7 Å². The average molecular weight is 387 g/mol. The van der Waals surface area contributed by atoms with Crippen molar-refractivity contribution >= 4 is 11.7 Å². The van der Waals surface area contributed by atoms with Crippen LogP contribution in [0.1, 0.15) is 48.3 Å². The molecule has 1 unspecified atom stereocenters. The Bertz CT molecular complexity index is 909. The van der Waals surface area contributed by atoms with Gasteiger partial charge >= 0.3 is 6.03 Å². The van der Waals surface area contributed by atoms with Gasteiger partial charge in [-0.1, -0.05) is 55.3 Å². The van der Waals surface area contributed by atoms with E-state index in [-0.39, 0.29) is 11.9 Å². The summed E-state index contributed by atoms with van der Waals surface area (Å²) in [5.41, 5.74) is 6.56. The minimum Gasteiger partial charge on any atom is -0.269 e. The predicted octanol–water partition coefficient (Wildman–Crippen LogP) is 3.86. The molecule has 29 heavy (non-hydrogen) atoms. The van der Waals surface area contributed by atoms with Gasteiger partial charge in [0, 0.05) is 19.0 Å². The first kappa shape index (κ1) is 19.2. The van der Waals surface area contributed by atoms with Gasteiger partial charge in [0.2, 0.25) is 0 Å². The minimum atomic E-state index is -0.184. The van der Waals surface area contributed by atoms with Crippen LogP contribution in [0.4, 0.5) is 4.79 Å². The average Bonchev–Trinajstić information content (AvgIpc) is 3.06. The highest BCUT2D eigenvalue weighted by atomic mass is 16.2. The molecular formula is C23H25N5O. The van der Waals surface area contributed by atoms with Crippen molar-refractivity contribution in [2.24, 2.45) is 5.10 Å². The molecule has 1 N–H and O–H groups in total. The Labute approximate surface area is 171 Å². The number of urea groups is 1. The maximum absolute atomic E-state index is 12.9. The van der Waals surface area contributed by atoms with E-state index < -0.39 is 0 Å². The van der Waals surface area contributed by atoms with E-state index in [2.05, 4.69) is 28.7 Å². The van der Waals surface area contributed by atoms with Crippen molar-refractivity contribution in [1.29, 1.82) is 5.26 Å². The van der Waals surface area contributed by atoms with E-state index in [9.17, 15) is 4.79 Å². The summed E-state index contributed by atoms with van der Waals surface area (Å²) in [5.74, 6) is -0.000908. The fraction of sp³-hybridized carbons (Fsp3) is 0.348. The molecule has 0 spiro atoms. The van der Waals surface area contributed by atoms with Crippen molar-refractivity contribution in [3.8, 4) is 6.07 Å². The third-order valence-electron chi connectivity index (χ3n) is 5.52. The maximum atomic E-state index is 12.9. The molecule has 148 valence electrons. The number of nitriles is 1. The van der Waals surface area contributed by atoms with Crippen molar-refractivity contribution in [3.63, 3.8) is 0 Å². The van der Waals surface area contributed by atoms with Crippen molar-refractivity contribution < 1.29 is 4.79 Å². The van der Waals surface area contributed by atoms with Crippen LogP contribution in [0.25, 0.3) is 0 Å². The van der Waals surface area contributed by atoms with Gasteiger partial charge in [0.05, 0.1) is 23.9 Å². The number of hydrazone groups is 1. The number of hydrazine groups is 1. The Morgan fingerprint density at radius 1 is 1.00 bits per heavy atom. The van der Waals surface area contributed by atoms with Crippen LogP contribution in [0.15, 0.2) is 59.7 Å². The zero-order valence-corrected chi connectivity index (χ0v) is 16.4. The molecule has 0 bridgehead atoms. The van der Waals surface area contributed by atoms with Gasteiger partial charge in [0.25, 0.3) is 0 Å². The molecule has 2 amide bonds. The Morgan fingerprint density at radius 2 is 1.69 bits per heavy atom. The number of nitrogens with one attached hydrogen (secondary N) is 1. The second-order valence-corrected chi connectivity index (χ2v) is 7.54. The standard InChI is InChI=1S/C23H25N5O/c24-16-18-10-12-20(13-11-18)22-21(19-8-4-3-5-9-19)17-28(25-22)23(29)26-27-14-6-1-2-7-15-27/h3-5,8-13,21H,1-2,6-7,14-15,17H2,(H,26,29). The molecule has 6 nitrogen and oxygen atoms in total. The van der Waals surface area contributed by atoms with Crippen molar-refractivity contribution in [1.82, 2.24) is 15.4 Å². The lowest BCUT2D eigenvalue weighted by atomic mass is 9.90. The summed E-state index contributed by atoms with van der Waals surface area (Å²) in [6, 6.07) is 19.5. The third-order valence-corrected chi connectivity index (χ3v) is 5.52. The number of rotatable bonds is 3. The van der Waals surface area contributed by atoms with Gasteiger partial charge in [-0.15, -0.1) is 0 Å². The molecule has 0 aromatic heterocycles. The Balaban J connectivity index is 1.57. The Morgan fingerprint density at radius 3 is 2.34 bits per heavy atom. The second-order valence-electron chi connectivity index (χ2n) is 7.54. The highest BCUT2D eigenvalue weighted by molar-refractivity contribution is 6.07. The van der Waals surface area contributed by atoms with Gasteiger partial charge in [0.15, 0.2) is 0 Å². The van der Waals surface area contributed by atoms with Gasteiger partial charge in [-0.05, 0) is 36.1 Å². The number of amides is 2. The Hall–Kier alpha value is -3.17. The molecular weight excluding hydrogens is 362 g/mol. The first-order valence-corrected chi connectivity index (χ1v) is 10.2. The number of nitrogens with zero attached hydrogens (tertiary/aromatic N) is 4. The molecule has 1 atom stereocenters. The molecule has 2 aliphatic heterocycles. The van der Waals surface area contributed by atoms with Crippen molar-refractivity contribution in [2.45, 2.75) is 31.6 Å². The number of hydrogen-bond donors (Lipinski definition) is 1. The zero-order valence-electron chi connectivity index (χ0n) is 16.4. The summed E-state index contributed by atoms with van der Waals surface area (Å²) >= 11 is 0. The Kier molecular flexibility index (Phi) is 5.87. The maximum Gasteiger partial charge on any atom is 0.352 e. The van der Waals surface area contributed by atoms with E-state index in [4.69, 9.17) is 5.26 Å². The summed E-state index contributed by atoms with van der Waals surface area (Å²) in [7, 11) is 0. The van der Waals surface area contributed by atoms with Gasteiger partial charge < -0.3 is 0 Å². The van der Waals surface area contributed by atoms with E-state index in [0.29, 0.717) is 12.1 Å². The fourth-order valence-corrected chi connectivity index (χ4v) is 3.93. The summed E-state index contributed by atoms with van der Waals surface area (Å²) in [4.78, 5) is 12.9. The SMILES string of the molecule is N#Cc1ccc(C2=NN(C(=O)NN3CCCCCC3)CC2c2ccccc2)cc1. The third kappa shape index (κ3) is 4.47. The summed E-state index contributed by atoms with van der Waals surface area (Å²) in [5, 5.41) is 17.3. The normalized spacial score (nSPS) is 19.9. The molecule has 6 heteroatoms. The smallest absolute Gasteiger partial charge is 0.269 e. The van der Waals surface area contributed by atoms with Gasteiger partial charge in [-0.25, -0.2) is 14.8 Å². The van der Waals surface area contributed by atoms with E-state index in [0.717, 1.165) is 42.8 Å². The van der Waals surface area contributed by atoms with Crippen LogP contribution in [0.2, 0.25) is 0 Å². The largest absolute Gasteiger partial charge is 0.352 e. The lowest BCUT2D eigenvalue weighted by molar-refractivity contribution is 0.151. The van der Waals surface area contributed by atoms with Crippen LogP contribution in [0, 0.1) is 11.3 Å². The molecule has 1 fully saturated rings. The molecule has 0 aliphatic carbocycles. The highest BCUT2D eigenvalue weighted by Crippen LogP contribution is 2.29. The number of hydrogen-bond acceptors (Lipinski definition) is 4. The van der Waals surface area contributed by atoms with Gasteiger partial charge in [0.1, 0.15) is 0 Å². The summed E-state index contributed by atoms with van der Waals surface area (Å²) in [6.45, 7) is 2.26. The monoisotopic (exact) mass is 387 g/mol. The summed E-state index contributed by atoms with van der Waals surface area (Å²) in [6.07, 6.45) is 4.64. The van der Waals surface area contributed by atoms with Crippen molar-refractivity contribution in [3.05, 3.63) is 71.3 Å². The fourth-order valence-electron chi connectivity index (χ4n) is 3.93. The van der Waals surface area contributed by atoms with Crippen molar-refractivity contribution in [2.75, 3.05) is 19.6 Å². The zero-order chi connectivity index (χ0) is 20.1. The highest BCUT2D eigenvalue weighted by Gasteiger charge is 2.32. The van der Waals surface area contributed by atoms with Crippen LogP contribution < -0.4 is 5.43 Å². The summed E-state index contributed by atoms with van der Waals surface area (Å²) < 4.78 is 0. The van der Waals surface area contributed by atoms with Crippen LogP contribution in [-0.4, -0.2) is 41.4 Å². The lowest BCUT2D eigenvalue weighted by Gasteiger charge is -2.23. The number of benzene rings is 2. The molecule has 0 radical (unpaired) electrons. The van der Waals surface area contributed by atoms with E-state index >= 15 is 0 Å². The van der Waals surface area contributed by atoms with Crippen LogP contribution in [0.5, 0.6) is 0 Å². The molecule has 2 heterocycles. The molecule has 2 aromatic carbocycles. The van der Waals surface area contributed by atoms with Gasteiger partial charge in [-0.2, -0.15) is 10.4 Å². The second kappa shape index (κ2) is 8.89. The number of carbonyl (C=O) groups excluding carboxylic acids is 1.